The molecule has 1 aromatic heterocycles. The minimum Gasteiger partial charge on any atom is -0.497 e. The quantitative estimate of drug-likeness (QED) is 0.416. The first kappa shape index (κ1) is 30.7. The average molecular weight is 658 g/mol. The number of aromatic nitrogens is 1. The van der Waals surface area contributed by atoms with E-state index in [1.165, 1.54) is 32.5 Å². The minimum absolute atomic E-state index is 0.146. The summed E-state index contributed by atoms with van der Waals surface area (Å²) in [5.41, 5.74) is 5.84. The molecule has 2 unspecified atom stereocenters. The summed E-state index contributed by atoms with van der Waals surface area (Å²) in [6.07, 6.45) is 10.2. The van der Waals surface area contributed by atoms with Crippen molar-refractivity contribution < 1.29 is 22.7 Å². The molecule has 2 aliphatic carbocycles. The molecule has 2 aromatic carbocycles. The number of nitrogens with zero attached hydrogens (tertiary/aromatic N) is 4. The fraction of sp³-hybridized carbons (Fsp3) is 0.500. The van der Waals surface area contributed by atoms with Gasteiger partial charge in [-0.1, -0.05) is 31.4 Å². The Kier molecular flexibility index (Phi) is 7.31. The first-order valence-corrected chi connectivity index (χ1v) is 18.4. The fourth-order valence-electron chi connectivity index (χ4n) is 8.73. The third-order valence-electron chi connectivity index (χ3n) is 11.3. The Hall–Kier alpha value is -3.67. The highest BCUT2D eigenvalue weighted by Crippen LogP contribution is 2.60. The molecule has 0 bridgehead atoms. The van der Waals surface area contributed by atoms with Crippen LogP contribution < -0.4 is 9.46 Å². The first-order valence-electron chi connectivity index (χ1n) is 17.0. The van der Waals surface area contributed by atoms with Crippen LogP contribution in [0.2, 0.25) is 0 Å². The summed E-state index contributed by atoms with van der Waals surface area (Å²) in [5, 5.41) is 1.06. The molecule has 10 nitrogen and oxygen atoms in total. The zero-order valence-electron chi connectivity index (χ0n) is 27.4. The number of ether oxygens (including phenoxy) is 1. The Bertz CT molecular complexity index is 1940. The van der Waals surface area contributed by atoms with Gasteiger partial charge in [0.1, 0.15) is 11.2 Å². The summed E-state index contributed by atoms with van der Waals surface area (Å²) in [4.78, 5) is 32.7. The highest BCUT2D eigenvalue weighted by molar-refractivity contribution is 7.87. The molecule has 8 rings (SSSR count). The highest BCUT2D eigenvalue weighted by Gasteiger charge is 2.56. The minimum atomic E-state index is -3.97. The van der Waals surface area contributed by atoms with Gasteiger partial charge in [0.25, 0.3) is 5.91 Å². The Labute approximate surface area is 276 Å². The van der Waals surface area contributed by atoms with E-state index in [1.807, 2.05) is 18.2 Å². The lowest BCUT2D eigenvalue weighted by Crippen LogP contribution is -2.54. The van der Waals surface area contributed by atoms with Crippen molar-refractivity contribution >= 4 is 38.5 Å². The van der Waals surface area contributed by atoms with Crippen molar-refractivity contribution in [1.82, 2.24) is 23.4 Å². The lowest BCUT2D eigenvalue weighted by atomic mass is 9.81. The van der Waals surface area contributed by atoms with Gasteiger partial charge in [0.15, 0.2) is 0 Å². The maximum atomic E-state index is 14.7. The van der Waals surface area contributed by atoms with E-state index in [-0.39, 0.29) is 11.5 Å². The van der Waals surface area contributed by atoms with Crippen LogP contribution in [-0.4, -0.2) is 92.3 Å². The Morgan fingerprint density at radius 2 is 1.77 bits per heavy atom. The van der Waals surface area contributed by atoms with Crippen molar-refractivity contribution in [2.75, 3.05) is 47.4 Å². The normalized spacial score (nSPS) is 24.2. The number of carbonyl (C=O) groups is 2. The van der Waals surface area contributed by atoms with Crippen molar-refractivity contribution in [2.24, 2.45) is 5.41 Å². The van der Waals surface area contributed by atoms with Gasteiger partial charge in [0.2, 0.25) is 5.91 Å². The van der Waals surface area contributed by atoms with Crippen LogP contribution >= 0.6 is 0 Å². The molecule has 3 fully saturated rings. The number of methoxy groups -OCH3 is 1. The van der Waals surface area contributed by atoms with Gasteiger partial charge in [-0.25, -0.2) is 4.72 Å². The van der Waals surface area contributed by atoms with Gasteiger partial charge in [0.05, 0.1) is 12.8 Å². The third-order valence-corrected chi connectivity index (χ3v) is 12.7. The van der Waals surface area contributed by atoms with Gasteiger partial charge >= 0.3 is 10.2 Å². The van der Waals surface area contributed by atoms with Crippen LogP contribution in [0.1, 0.15) is 72.3 Å². The van der Waals surface area contributed by atoms with E-state index in [0.29, 0.717) is 18.5 Å². The van der Waals surface area contributed by atoms with Gasteiger partial charge in [-0.3, -0.25) is 14.5 Å². The standard InChI is InChI=1S/C36H43N5O5S/c1-38(2)47(44,45)37-34(42)24-11-13-28-31(18-24)41-22-36(35(43)40-17-16-39-15-7-10-25(39)21-40)20-30(36)29-19-26(46-3)12-14-27(29)33(41)32(28)23-8-5-4-6-9-23/h11-14,18-20,23,25H,4-10,15-17,21-22H2,1-3H3,(H,37,42). The zero-order chi connectivity index (χ0) is 32.7. The van der Waals surface area contributed by atoms with E-state index in [2.05, 4.69) is 37.3 Å². The predicted molar refractivity (Wildman–Crippen MR) is 181 cm³/mol. The second kappa shape index (κ2) is 11.2. The molecule has 2 saturated heterocycles. The van der Waals surface area contributed by atoms with Gasteiger partial charge in [0, 0.05) is 68.3 Å². The van der Waals surface area contributed by atoms with E-state index in [4.69, 9.17) is 4.74 Å². The van der Waals surface area contributed by atoms with E-state index in [1.54, 1.807) is 13.2 Å². The van der Waals surface area contributed by atoms with Crippen molar-refractivity contribution in [2.45, 2.75) is 63.5 Å². The SMILES string of the molecule is COc1ccc2c(c1)C1=CC1(C(=O)N1CCN3CCCC3C1)Cn1c-2c(C2CCCCC2)c2ccc(C(=O)NS(=O)(=O)N(C)C)cc21. The molecule has 3 aliphatic heterocycles. The summed E-state index contributed by atoms with van der Waals surface area (Å²) in [7, 11) is 0.478. The second-order valence-electron chi connectivity index (χ2n) is 14.2. The van der Waals surface area contributed by atoms with Gasteiger partial charge in [-0.2, -0.15) is 12.7 Å². The number of hydrogen-bond acceptors (Lipinski definition) is 6. The van der Waals surface area contributed by atoms with Crippen LogP contribution in [0.15, 0.2) is 42.5 Å². The molecule has 248 valence electrons. The Balaban J connectivity index is 1.30. The molecular weight excluding hydrogens is 614 g/mol. The molecule has 3 aromatic rings. The Morgan fingerprint density at radius 1 is 0.957 bits per heavy atom. The predicted octanol–water partition coefficient (Wildman–Crippen LogP) is 4.60. The molecule has 47 heavy (non-hydrogen) atoms. The highest BCUT2D eigenvalue weighted by atomic mass is 32.2. The van der Waals surface area contributed by atoms with E-state index < -0.39 is 21.5 Å². The summed E-state index contributed by atoms with van der Waals surface area (Å²) in [6.45, 7) is 3.93. The van der Waals surface area contributed by atoms with Crippen molar-refractivity contribution in [3.63, 3.8) is 0 Å². The number of fused-ring (bicyclic) bond motifs is 8. The van der Waals surface area contributed by atoms with E-state index in [9.17, 15) is 18.0 Å². The number of carbonyl (C=O) groups excluding carboxylic acids is 2. The number of amides is 2. The monoisotopic (exact) mass is 657 g/mol. The number of rotatable bonds is 6. The number of benzene rings is 2. The Morgan fingerprint density at radius 3 is 2.53 bits per heavy atom. The second-order valence-corrected chi connectivity index (χ2v) is 16.0. The summed E-state index contributed by atoms with van der Waals surface area (Å²) < 4.78 is 36.3. The molecule has 11 heteroatoms. The third kappa shape index (κ3) is 4.92. The fourth-order valence-corrected chi connectivity index (χ4v) is 9.27. The lowest BCUT2D eigenvalue weighted by molar-refractivity contribution is -0.138. The maximum Gasteiger partial charge on any atom is 0.303 e. The summed E-state index contributed by atoms with van der Waals surface area (Å²) >= 11 is 0. The van der Waals surface area contributed by atoms with E-state index >= 15 is 0 Å². The molecule has 4 heterocycles. The van der Waals surface area contributed by atoms with Crippen LogP contribution in [0, 0.1) is 5.41 Å². The average Bonchev–Trinajstić information content (AvgIpc) is 3.49. The van der Waals surface area contributed by atoms with Gasteiger partial charge in [-0.05, 0) is 85.2 Å². The van der Waals surface area contributed by atoms with Crippen LogP contribution in [0.5, 0.6) is 5.75 Å². The van der Waals surface area contributed by atoms with Crippen molar-refractivity contribution in [1.29, 1.82) is 0 Å². The first-order chi connectivity index (χ1) is 22.6. The van der Waals surface area contributed by atoms with E-state index in [0.717, 1.165) is 102 Å². The topological polar surface area (TPSA) is 104 Å². The smallest absolute Gasteiger partial charge is 0.303 e. The molecule has 2 amide bonds. The van der Waals surface area contributed by atoms with Crippen molar-refractivity contribution in [3.05, 3.63) is 59.2 Å². The molecular formula is C36H43N5O5S. The molecule has 5 aliphatic rings. The largest absolute Gasteiger partial charge is 0.497 e. The van der Waals surface area contributed by atoms with Gasteiger partial charge < -0.3 is 14.2 Å². The zero-order valence-corrected chi connectivity index (χ0v) is 28.2. The van der Waals surface area contributed by atoms with Crippen molar-refractivity contribution in [3.8, 4) is 17.0 Å². The van der Waals surface area contributed by atoms with Gasteiger partial charge in [-0.15, -0.1) is 0 Å². The molecule has 1 N–H and O–H groups in total. The molecule has 1 saturated carbocycles. The molecule has 0 spiro atoms. The summed E-state index contributed by atoms with van der Waals surface area (Å²) in [6, 6.07) is 12.1. The van der Waals surface area contributed by atoms with Crippen LogP contribution in [0.25, 0.3) is 27.7 Å². The number of piperazine rings is 1. The van der Waals surface area contributed by atoms with Crippen LogP contribution in [-0.2, 0) is 21.5 Å². The molecule has 0 radical (unpaired) electrons. The summed E-state index contributed by atoms with van der Waals surface area (Å²) in [5.74, 6) is 0.561. The molecule has 2 atom stereocenters. The van der Waals surface area contributed by atoms with Crippen LogP contribution in [0.4, 0.5) is 0 Å². The lowest BCUT2D eigenvalue weighted by Gasteiger charge is -2.39. The number of hydrogen-bond donors (Lipinski definition) is 1. The number of nitrogens with one attached hydrogen (secondary N) is 1. The maximum absolute atomic E-state index is 14.7. The van der Waals surface area contributed by atoms with Crippen LogP contribution in [0.3, 0.4) is 0 Å².